The van der Waals surface area contributed by atoms with Gasteiger partial charge in [0.05, 0.1) is 17.2 Å². The van der Waals surface area contributed by atoms with Crippen LogP contribution in [-0.2, 0) is 9.59 Å². The fourth-order valence-corrected chi connectivity index (χ4v) is 4.03. The molecular formula is C20H22N4O3S2. The van der Waals surface area contributed by atoms with Gasteiger partial charge in [0.15, 0.2) is 10.9 Å². The van der Waals surface area contributed by atoms with Crippen molar-refractivity contribution in [2.24, 2.45) is 0 Å². The van der Waals surface area contributed by atoms with Crippen LogP contribution in [0.2, 0.25) is 0 Å². The number of carbonyl (C=O) groups excluding carboxylic acids is 2. The lowest BCUT2D eigenvalue weighted by Crippen LogP contribution is -2.18. The number of amides is 2. The van der Waals surface area contributed by atoms with Gasteiger partial charge in [0.1, 0.15) is 5.76 Å². The van der Waals surface area contributed by atoms with E-state index < -0.39 is 0 Å². The molecule has 152 valence electrons. The molecule has 0 aliphatic rings. The zero-order valence-corrected chi connectivity index (χ0v) is 18.3. The number of aryl methyl sites for hydroxylation is 4. The van der Waals surface area contributed by atoms with Crippen LogP contribution >= 0.6 is 23.1 Å². The molecule has 3 aromatic rings. The van der Waals surface area contributed by atoms with Gasteiger partial charge in [0.25, 0.3) is 0 Å². The van der Waals surface area contributed by atoms with E-state index in [1.165, 1.54) is 34.2 Å². The van der Waals surface area contributed by atoms with Crippen molar-refractivity contribution in [2.45, 2.75) is 27.7 Å². The Labute approximate surface area is 177 Å². The maximum absolute atomic E-state index is 12.1. The van der Waals surface area contributed by atoms with Crippen LogP contribution in [0, 0.1) is 27.7 Å². The molecular weight excluding hydrogens is 408 g/mol. The Morgan fingerprint density at radius 2 is 1.69 bits per heavy atom. The first-order chi connectivity index (χ1) is 13.8. The average molecular weight is 431 g/mol. The zero-order valence-electron chi connectivity index (χ0n) is 16.7. The van der Waals surface area contributed by atoms with Crippen molar-refractivity contribution >= 4 is 45.9 Å². The summed E-state index contributed by atoms with van der Waals surface area (Å²) in [6.45, 7) is 7.96. The standard InChI is InChI=1S/C20H22N4O3S2/c1-11-5-13(3)15(6-12(11)2)16-8-29-20(21-16)23-19(26)10-28-9-18(25)22-17-7-14(4)27-24-17/h5-8H,9-10H2,1-4H3,(H,21,23,26)(H,22,24,25). The molecule has 2 heterocycles. The van der Waals surface area contributed by atoms with Crippen molar-refractivity contribution in [1.29, 1.82) is 0 Å². The number of nitrogens with one attached hydrogen (secondary N) is 2. The van der Waals surface area contributed by atoms with Crippen LogP contribution in [0.25, 0.3) is 11.3 Å². The molecule has 2 aromatic heterocycles. The van der Waals surface area contributed by atoms with Gasteiger partial charge >= 0.3 is 0 Å². The summed E-state index contributed by atoms with van der Waals surface area (Å²) in [5.41, 5.74) is 5.52. The third kappa shape index (κ3) is 5.68. The van der Waals surface area contributed by atoms with Crippen LogP contribution in [0.3, 0.4) is 0 Å². The Bertz CT molecular complexity index is 1040. The summed E-state index contributed by atoms with van der Waals surface area (Å²) < 4.78 is 4.89. The van der Waals surface area contributed by atoms with E-state index in [9.17, 15) is 9.59 Å². The number of thiazole rings is 1. The van der Waals surface area contributed by atoms with E-state index in [2.05, 4.69) is 53.7 Å². The van der Waals surface area contributed by atoms with Gasteiger partial charge < -0.3 is 15.2 Å². The van der Waals surface area contributed by atoms with Gasteiger partial charge in [-0.05, 0) is 50.5 Å². The number of thioether (sulfide) groups is 1. The molecule has 29 heavy (non-hydrogen) atoms. The van der Waals surface area contributed by atoms with E-state index in [0.29, 0.717) is 16.7 Å². The topological polar surface area (TPSA) is 97.1 Å². The average Bonchev–Trinajstić information content (AvgIpc) is 3.27. The molecule has 7 nitrogen and oxygen atoms in total. The van der Waals surface area contributed by atoms with Crippen LogP contribution in [0.15, 0.2) is 28.1 Å². The SMILES string of the molecule is Cc1cc(NC(=O)CSCC(=O)Nc2nc(-c3cc(C)c(C)cc3C)cs2)no1. The molecule has 0 aliphatic heterocycles. The molecule has 0 spiro atoms. The second kappa shape index (κ2) is 9.23. The first kappa shape index (κ1) is 21.1. The van der Waals surface area contributed by atoms with Crippen molar-refractivity contribution in [3.8, 4) is 11.3 Å². The van der Waals surface area contributed by atoms with Crippen LogP contribution in [-0.4, -0.2) is 33.5 Å². The largest absolute Gasteiger partial charge is 0.360 e. The lowest BCUT2D eigenvalue weighted by atomic mass is 9.99. The van der Waals surface area contributed by atoms with E-state index in [0.717, 1.165) is 16.8 Å². The maximum atomic E-state index is 12.1. The highest BCUT2D eigenvalue weighted by molar-refractivity contribution is 8.00. The first-order valence-corrected chi connectivity index (χ1v) is 11.0. The van der Waals surface area contributed by atoms with Gasteiger partial charge in [0.2, 0.25) is 11.8 Å². The molecule has 2 amide bonds. The smallest absolute Gasteiger partial charge is 0.236 e. The van der Waals surface area contributed by atoms with Crippen molar-refractivity contribution < 1.29 is 14.1 Å². The third-order valence-corrected chi connectivity index (χ3v) is 5.92. The summed E-state index contributed by atoms with van der Waals surface area (Å²) in [6.07, 6.45) is 0. The van der Waals surface area contributed by atoms with Crippen molar-refractivity contribution in [3.05, 3.63) is 46.0 Å². The van der Waals surface area contributed by atoms with E-state index >= 15 is 0 Å². The van der Waals surface area contributed by atoms with Crippen molar-refractivity contribution in [3.63, 3.8) is 0 Å². The molecule has 1 aromatic carbocycles. The lowest BCUT2D eigenvalue weighted by molar-refractivity contribution is -0.114. The minimum Gasteiger partial charge on any atom is -0.360 e. The molecule has 0 atom stereocenters. The molecule has 0 saturated heterocycles. The molecule has 0 saturated carbocycles. The Hall–Kier alpha value is -2.65. The number of benzene rings is 1. The molecule has 0 radical (unpaired) electrons. The Kier molecular flexibility index (Phi) is 6.71. The predicted octanol–water partition coefficient (Wildman–Crippen LogP) is 4.34. The van der Waals surface area contributed by atoms with Gasteiger partial charge in [-0.3, -0.25) is 9.59 Å². The predicted molar refractivity (Wildman–Crippen MR) is 118 cm³/mol. The quantitative estimate of drug-likeness (QED) is 0.579. The van der Waals surface area contributed by atoms with Crippen molar-refractivity contribution in [2.75, 3.05) is 22.1 Å². The summed E-state index contributed by atoms with van der Waals surface area (Å²) in [5, 5.41) is 11.6. The van der Waals surface area contributed by atoms with Gasteiger partial charge in [0, 0.05) is 17.0 Å². The summed E-state index contributed by atoms with van der Waals surface area (Å²) in [7, 11) is 0. The van der Waals surface area contributed by atoms with E-state index in [4.69, 9.17) is 4.52 Å². The molecule has 0 fully saturated rings. The first-order valence-electron chi connectivity index (χ1n) is 8.96. The van der Waals surface area contributed by atoms with E-state index in [1.807, 2.05) is 5.38 Å². The highest BCUT2D eigenvalue weighted by Crippen LogP contribution is 2.29. The van der Waals surface area contributed by atoms with E-state index in [-0.39, 0.29) is 23.3 Å². The van der Waals surface area contributed by atoms with Crippen molar-refractivity contribution in [1.82, 2.24) is 10.1 Å². The highest BCUT2D eigenvalue weighted by Gasteiger charge is 2.12. The van der Waals surface area contributed by atoms with Crippen LogP contribution in [0.5, 0.6) is 0 Å². The van der Waals surface area contributed by atoms with Gasteiger partial charge in [-0.15, -0.1) is 23.1 Å². The fraction of sp³-hybridized carbons (Fsp3) is 0.300. The number of aromatic nitrogens is 2. The third-order valence-electron chi connectivity index (χ3n) is 4.23. The Morgan fingerprint density at radius 3 is 2.38 bits per heavy atom. The lowest BCUT2D eigenvalue weighted by Gasteiger charge is -2.07. The second-order valence-electron chi connectivity index (χ2n) is 6.70. The highest BCUT2D eigenvalue weighted by atomic mass is 32.2. The number of anilines is 2. The number of hydrogen-bond donors (Lipinski definition) is 2. The molecule has 9 heteroatoms. The Morgan fingerprint density at radius 1 is 1.00 bits per heavy atom. The van der Waals surface area contributed by atoms with Gasteiger partial charge in [-0.2, -0.15) is 0 Å². The Balaban J connectivity index is 1.49. The van der Waals surface area contributed by atoms with Crippen LogP contribution in [0.4, 0.5) is 10.9 Å². The summed E-state index contributed by atoms with van der Waals surface area (Å²) in [6, 6.07) is 5.90. The minimum absolute atomic E-state index is 0.143. The normalized spacial score (nSPS) is 10.8. The second-order valence-corrected chi connectivity index (χ2v) is 8.54. The van der Waals surface area contributed by atoms with E-state index in [1.54, 1.807) is 13.0 Å². The number of rotatable bonds is 7. The minimum atomic E-state index is -0.238. The molecule has 0 unspecified atom stereocenters. The van der Waals surface area contributed by atoms with Crippen LogP contribution in [0.1, 0.15) is 22.5 Å². The zero-order chi connectivity index (χ0) is 21.0. The molecule has 2 N–H and O–H groups in total. The molecule has 0 bridgehead atoms. The van der Waals surface area contributed by atoms with Crippen LogP contribution < -0.4 is 10.6 Å². The summed E-state index contributed by atoms with van der Waals surface area (Å²) in [4.78, 5) is 28.5. The summed E-state index contributed by atoms with van der Waals surface area (Å²) in [5.74, 6) is 0.851. The number of nitrogens with zero attached hydrogens (tertiary/aromatic N) is 2. The summed E-state index contributed by atoms with van der Waals surface area (Å²) >= 11 is 2.60. The fourth-order valence-electron chi connectivity index (χ4n) is 2.69. The molecule has 3 rings (SSSR count). The van der Waals surface area contributed by atoms with Gasteiger partial charge in [-0.1, -0.05) is 11.2 Å². The monoisotopic (exact) mass is 430 g/mol. The maximum Gasteiger partial charge on any atom is 0.236 e. The number of carbonyl (C=O) groups is 2. The van der Waals surface area contributed by atoms with Gasteiger partial charge in [-0.25, -0.2) is 4.98 Å². The number of hydrogen-bond acceptors (Lipinski definition) is 7. The molecule has 0 aliphatic carbocycles.